The van der Waals surface area contributed by atoms with E-state index in [0.717, 1.165) is 24.3 Å². The zero-order chi connectivity index (χ0) is 18.0. The summed E-state index contributed by atoms with van der Waals surface area (Å²) in [4.78, 5) is 13.4. The minimum atomic E-state index is -0.703. The maximum absolute atomic E-state index is 12.3. The van der Waals surface area contributed by atoms with Crippen molar-refractivity contribution >= 4 is 5.91 Å². The highest BCUT2D eigenvalue weighted by atomic mass is 16.2. The number of quaternary nitrogens is 1. The molecule has 1 aliphatic rings. The van der Waals surface area contributed by atoms with Gasteiger partial charge in [0, 0.05) is 5.56 Å². The van der Waals surface area contributed by atoms with Crippen LogP contribution in [0.4, 0.5) is 0 Å². The molecule has 2 rings (SSSR count). The van der Waals surface area contributed by atoms with E-state index in [1.165, 1.54) is 11.1 Å². The Kier molecular flexibility index (Phi) is 5.35. The zero-order valence-electron chi connectivity index (χ0n) is 15.6. The lowest BCUT2D eigenvalue weighted by Crippen LogP contribution is -3.09. The molecule has 1 saturated carbocycles. The number of rotatable bonds is 6. The van der Waals surface area contributed by atoms with Gasteiger partial charge in [-0.05, 0) is 36.7 Å². The molecule has 2 N–H and O–H groups in total. The fourth-order valence-electron chi connectivity index (χ4n) is 3.02. The van der Waals surface area contributed by atoms with Crippen molar-refractivity contribution < 1.29 is 9.69 Å². The summed E-state index contributed by atoms with van der Waals surface area (Å²) in [6.07, 6.45) is 2.07. The van der Waals surface area contributed by atoms with Crippen LogP contribution in [0.2, 0.25) is 0 Å². The minimum absolute atomic E-state index is 0.0465. The molecule has 0 heterocycles. The van der Waals surface area contributed by atoms with Gasteiger partial charge in [0.1, 0.15) is 12.1 Å². The number of carbonyl (C=O) groups excluding carboxylic acids is 1. The Balaban J connectivity index is 1.87. The molecule has 4 nitrogen and oxygen atoms in total. The molecule has 2 atom stereocenters. The molecule has 4 heteroatoms. The number of carbonyl (C=O) groups is 1. The molecule has 1 aromatic rings. The Morgan fingerprint density at radius 3 is 2.29 bits per heavy atom. The predicted octanol–water partition coefficient (Wildman–Crippen LogP) is 1.81. The molecule has 130 valence electrons. The largest absolute Gasteiger partial charge is 0.333 e. The van der Waals surface area contributed by atoms with Crippen molar-refractivity contribution in [3.63, 3.8) is 0 Å². The van der Waals surface area contributed by atoms with E-state index in [-0.39, 0.29) is 11.3 Å². The number of nitriles is 1. The van der Waals surface area contributed by atoms with Gasteiger partial charge in [-0.3, -0.25) is 4.79 Å². The van der Waals surface area contributed by atoms with Crippen LogP contribution in [-0.4, -0.2) is 25.0 Å². The first-order valence-corrected chi connectivity index (χ1v) is 8.77. The first-order chi connectivity index (χ1) is 11.1. The van der Waals surface area contributed by atoms with Crippen molar-refractivity contribution in [1.82, 2.24) is 5.32 Å². The Labute approximate surface area is 145 Å². The summed E-state index contributed by atoms with van der Waals surface area (Å²) < 4.78 is 0. The lowest BCUT2D eigenvalue weighted by molar-refractivity contribution is -0.885. The third kappa shape index (κ3) is 4.82. The van der Waals surface area contributed by atoms with Crippen LogP contribution >= 0.6 is 0 Å². The smallest absolute Gasteiger partial charge is 0.276 e. The summed E-state index contributed by atoms with van der Waals surface area (Å²) in [5.74, 6) is 0.270. The number of amides is 1. The molecule has 0 aliphatic heterocycles. The lowest BCUT2D eigenvalue weighted by Gasteiger charge is -2.24. The fourth-order valence-corrected chi connectivity index (χ4v) is 3.02. The van der Waals surface area contributed by atoms with Crippen molar-refractivity contribution in [2.75, 3.05) is 13.6 Å². The number of nitrogens with one attached hydrogen (secondary N) is 2. The van der Waals surface area contributed by atoms with E-state index in [9.17, 15) is 10.1 Å². The van der Waals surface area contributed by atoms with Gasteiger partial charge >= 0.3 is 0 Å². The van der Waals surface area contributed by atoms with Crippen LogP contribution in [0.5, 0.6) is 0 Å². The van der Waals surface area contributed by atoms with Gasteiger partial charge in [0.2, 0.25) is 0 Å². The highest BCUT2D eigenvalue weighted by Crippen LogP contribution is 2.39. The molecule has 0 spiro atoms. The number of benzene rings is 1. The molecule has 1 fully saturated rings. The van der Waals surface area contributed by atoms with E-state index in [1.54, 1.807) is 0 Å². The Bertz CT molecular complexity index is 620. The van der Waals surface area contributed by atoms with E-state index in [0.29, 0.717) is 12.5 Å². The normalized spacial score (nSPS) is 18.3. The molecule has 1 aromatic carbocycles. The monoisotopic (exact) mass is 328 g/mol. The van der Waals surface area contributed by atoms with Crippen molar-refractivity contribution in [1.29, 1.82) is 5.26 Å². The van der Waals surface area contributed by atoms with Crippen LogP contribution in [-0.2, 0) is 16.8 Å². The summed E-state index contributed by atoms with van der Waals surface area (Å²) in [6.45, 7) is 9.63. The number of likely N-dealkylation sites (N-methyl/N-ethyl adjacent to an activating group) is 1. The van der Waals surface area contributed by atoms with Crippen LogP contribution in [0.15, 0.2) is 24.3 Å². The van der Waals surface area contributed by atoms with Crippen molar-refractivity contribution in [2.45, 2.75) is 58.0 Å². The van der Waals surface area contributed by atoms with E-state index in [4.69, 9.17) is 0 Å². The quantitative estimate of drug-likeness (QED) is 0.837. The predicted molar refractivity (Wildman–Crippen MR) is 95.5 cm³/mol. The average molecular weight is 328 g/mol. The van der Waals surface area contributed by atoms with E-state index >= 15 is 0 Å². The highest BCUT2D eigenvalue weighted by Gasteiger charge is 2.43. The van der Waals surface area contributed by atoms with Crippen LogP contribution in [0.25, 0.3) is 0 Å². The van der Waals surface area contributed by atoms with Gasteiger partial charge in [-0.15, -0.1) is 0 Å². The molecular weight excluding hydrogens is 298 g/mol. The van der Waals surface area contributed by atoms with Crippen molar-refractivity contribution in [3.05, 3.63) is 35.4 Å². The van der Waals surface area contributed by atoms with Gasteiger partial charge in [0.25, 0.3) is 5.91 Å². The van der Waals surface area contributed by atoms with E-state index < -0.39 is 5.54 Å². The third-order valence-electron chi connectivity index (χ3n) is 4.81. The third-order valence-corrected chi connectivity index (χ3v) is 4.81. The fraction of sp³-hybridized carbons (Fsp3) is 0.600. The molecule has 0 aromatic heterocycles. The maximum Gasteiger partial charge on any atom is 0.276 e. The molecular formula is C20H30N3O+. The molecule has 0 bridgehead atoms. The summed E-state index contributed by atoms with van der Waals surface area (Å²) in [7, 11) is 2.01. The van der Waals surface area contributed by atoms with Gasteiger partial charge in [-0.1, -0.05) is 45.0 Å². The van der Waals surface area contributed by atoms with Crippen LogP contribution in [0.1, 0.15) is 51.7 Å². The first kappa shape index (κ1) is 18.5. The Hall–Kier alpha value is -1.86. The molecule has 24 heavy (non-hydrogen) atoms. The second-order valence-electron chi connectivity index (χ2n) is 8.39. The minimum Gasteiger partial charge on any atom is -0.333 e. The van der Waals surface area contributed by atoms with Crippen LogP contribution < -0.4 is 10.2 Å². The number of hydrogen-bond acceptors (Lipinski definition) is 2. The standard InChI is InChI=1S/C20H29N3O/c1-19(2,3)16-8-6-15(7-9-16)12-23(5)13-18(24)22-20(4,14-21)17-10-11-17/h6-9,17H,10-13H2,1-5H3,(H,22,24)/p+1/t20-/m0/s1. The summed E-state index contributed by atoms with van der Waals surface area (Å²) >= 11 is 0. The van der Waals surface area contributed by atoms with Gasteiger partial charge in [-0.2, -0.15) is 5.26 Å². The molecule has 1 aliphatic carbocycles. The molecule has 1 amide bonds. The number of hydrogen-bond donors (Lipinski definition) is 2. The molecule has 1 unspecified atom stereocenters. The zero-order valence-corrected chi connectivity index (χ0v) is 15.6. The maximum atomic E-state index is 12.3. The Morgan fingerprint density at radius 2 is 1.83 bits per heavy atom. The Morgan fingerprint density at radius 1 is 1.25 bits per heavy atom. The summed E-state index contributed by atoms with van der Waals surface area (Å²) in [5.41, 5.74) is 1.99. The van der Waals surface area contributed by atoms with Gasteiger partial charge in [0.05, 0.1) is 13.1 Å². The first-order valence-electron chi connectivity index (χ1n) is 8.77. The van der Waals surface area contributed by atoms with Crippen LogP contribution in [0, 0.1) is 17.2 Å². The summed E-state index contributed by atoms with van der Waals surface area (Å²) in [6, 6.07) is 10.9. The highest BCUT2D eigenvalue weighted by molar-refractivity contribution is 5.78. The SMILES string of the molecule is C[NH+](CC(=O)N[C@@](C)(C#N)C1CC1)Cc1ccc(C(C)(C)C)cc1. The van der Waals surface area contributed by atoms with Gasteiger partial charge in [-0.25, -0.2) is 0 Å². The lowest BCUT2D eigenvalue weighted by atomic mass is 9.87. The van der Waals surface area contributed by atoms with Crippen molar-refractivity contribution in [2.24, 2.45) is 5.92 Å². The number of nitrogens with zero attached hydrogens (tertiary/aromatic N) is 1. The topological polar surface area (TPSA) is 57.3 Å². The van der Waals surface area contributed by atoms with E-state index in [1.807, 2.05) is 14.0 Å². The molecule has 0 radical (unpaired) electrons. The van der Waals surface area contributed by atoms with Crippen molar-refractivity contribution in [3.8, 4) is 6.07 Å². The second-order valence-corrected chi connectivity index (χ2v) is 8.39. The van der Waals surface area contributed by atoms with E-state index in [2.05, 4.69) is 56.4 Å². The second kappa shape index (κ2) is 6.94. The van der Waals surface area contributed by atoms with Gasteiger partial charge < -0.3 is 10.2 Å². The van der Waals surface area contributed by atoms with Gasteiger partial charge in [0.15, 0.2) is 6.54 Å². The summed E-state index contributed by atoms with van der Waals surface area (Å²) in [5, 5.41) is 12.3. The molecule has 0 saturated heterocycles. The average Bonchev–Trinajstić information content (AvgIpc) is 3.31. The van der Waals surface area contributed by atoms with Crippen LogP contribution in [0.3, 0.4) is 0 Å².